The summed E-state index contributed by atoms with van der Waals surface area (Å²) in [6.45, 7) is 8.01. The molecular formula is C18H30NO2+. The van der Waals surface area contributed by atoms with Crippen LogP contribution in [0.4, 0.5) is 0 Å². The maximum Gasteiger partial charge on any atom is 0.137 e. The van der Waals surface area contributed by atoms with Crippen LogP contribution in [0, 0.1) is 0 Å². The lowest BCUT2D eigenvalue weighted by molar-refractivity contribution is -0.908. The van der Waals surface area contributed by atoms with Crippen LogP contribution in [0.25, 0.3) is 0 Å². The number of ether oxygens (including phenoxy) is 1. The number of benzene rings is 1. The SMILES string of the molecule is CC[C@@H](C)c1ccccc1OC[C@H](O)C[NH+]1CCCCC1. The van der Waals surface area contributed by atoms with Crippen molar-refractivity contribution in [1.29, 1.82) is 0 Å². The topological polar surface area (TPSA) is 33.9 Å². The van der Waals surface area contributed by atoms with Gasteiger partial charge in [-0.15, -0.1) is 0 Å². The Balaban J connectivity index is 1.84. The smallest absolute Gasteiger partial charge is 0.137 e. The van der Waals surface area contributed by atoms with Crippen molar-refractivity contribution in [2.45, 2.75) is 51.6 Å². The van der Waals surface area contributed by atoms with Gasteiger partial charge in [-0.1, -0.05) is 32.0 Å². The average Bonchev–Trinajstić information content (AvgIpc) is 2.53. The van der Waals surface area contributed by atoms with E-state index < -0.39 is 0 Å². The molecule has 0 radical (unpaired) electrons. The van der Waals surface area contributed by atoms with Crippen LogP contribution in [-0.4, -0.2) is 37.5 Å². The van der Waals surface area contributed by atoms with Gasteiger partial charge < -0.3 is 14.7 Å². The molecule has 3 nitrogen and oxygen atoms in total. The highest BCUT2D eigenvalue weighted by atomic mass is 16.5. The molecule has 1 saturated heterocycles. The van der Waals surface area contributed by atoms with E-state index in [2.05, 4.69) is 26.0 Å². The van der Waals surface area contributed by atoms with E-state index in [1.54, 1.807) is 0 Å². The first-order valence-electron chi connectivity index (χ1n) is 8.44. The number of aliphatic hydroxyl groups is 1. The molecule has 2 N–H and O–H groups in total. The lowest BCUT2D eigenvalue weighted by Crippen LogP contribution is -3.14. The first kappa shape index (κ1) is 16.3. The van der Waals surface area contributed by atoms with Crippen LogP contribution in [0.15, 0.2) is 24.3 Å². The normalized spacial score (nSPS) is 19.2. The summed E-state index contributed by atoms with van der Waals surface area (Å²) >= 11 is 0. The van der Waals surface area contributed by atoms with E-state index in [0.717, 1.165) is 18.7 Å². The fraction of sp³-hybridized carbons (Fsp3) is 0.667. The van der Waals surface area contributed by atoms with E-state index in [0.29, 0.717) is 12.5 Å². The predicted octanol–water partition coefficient (Wildman–Crippen LogP) is 2.01. The van der Waals surface area contributed by atoms with Crippen molar-refractivity contribution in [2.24, 2.45) is 0 Å². The summed E-state index contributed by atoms with van der Waals surface area (Å²) in [5, 5.41) is 10.2. The Morgan fingerprint density at radius 3 is 2.62 bits per heavy atom. The van der Waals surface area contributed by atoms with Crippen LogP contribution in [-0.2, 0) is 0 Å². The quantitative estimate of drug-likeness (QED) is 0.806. The molecular weight excluding hydrogens is 262 g/mol. The summed E-state index contributed by atoms with van der Waals surface area (Å²) < 4.78 is 5.90. The second kappa shape index (κ2) is 8.40. The Bertz CT molecular complexity index is 415. The molecule has 1 aliphatic heterocycles. The lowest BCUT2D eigenvalue weighted by Gasteiger charge is -2.26. The summed E-state index contributed by atoms with van der Waals surface area (Å²) in [5.74, 6) is 1.42. The van der Waals surface area contributed by atoms with Gasteiger partial charge in [0.05, 0.1) is 13.1 Å². The third-order valence-electron chi connectivity index (χ3n) is 4.58. The van der Waals surface area contributed by atoms with Crippen LogP contribution < -0.4 is 9.64 Å². The van der Waals surface area contributed by atoms with Crippen LogP contribution in [0.2, 0.25) is 0 Å². The largest absolute Gasteiger partial charge is 0.490 e. The molecule has 1 heterocycles. The third-order valence-corrected chi connectivity index (χ3v) is 4.58. The summed E-state index contributed by atoms with van der Waals surface area (Å²) in [6, 6.07) is 8.21. The molecule has 0 bridgehead atoms. The van der Waals surface area contributed by atoms with E-state index in [9.17, 15) is 5.11 Å². The maximum atomic E-state index is 10.2. The highest BCUT2D eigenvalue weighted by Crippen LogP contribution is 2.28. The summed E-state index contributed by atoms with van der Waals surface area (Å²) in [4.78, 5) is 1.52. The Morgan fingerprint density at radius 2 is 1.90 bits per heavy atom. The molecule has 1 aromatic rings. The highest BCUT2D eigenvalue weighted by Gasteiger charge is 2.19. The first-order chi connectivity index (χ1) is 10.2. The zero-order chi connectivity index (χ0) is 15.1. The number of hydrogen-bond donors (Lipinski definition) is 2. The molecule has 0 aliphatic carbocycles. The Morgan fingerprint density at radius 1 is 1.19 bits per heavy atom. The van der Waals surface area contributed by atoms with E-state index in [1.807, 2.05) is 12.1 Å². The zero-order valence-corrected chi connectivity index (χ0v) is 13.5. The third kappa shape index (κ3) is 5.01. The fourth-order valence-electron chi connectivity index (χ4n) is 3.07. The number of aliphatic hydroxyl groups excluding tert-OH is 1. The molecule has 0 aromatic heterocycles. The number of hydrogen-bond acceptors (Lipinski definition) is 2. The lowest BCUT2D eigenvalue weighted by atomic mass is 9.98. The van der Waals surface area contributed by atoms with E-state index >= 15 is 0 Å². The van der Waals surface area contributed by atoms with E-state index in [4.69, 9.17) is 4.74 Å². The van der Waals surface area contributed by atoms with Gasteiger partial charge in [-0.2, -0.15) is 0 Å². The Kier molecular flexibility index (Phi) is 6.52. The second-order valence-corrected chi connectivity index (χ2v) is 6.33. The second-order valence-electron chi connectivity index (χ2n) is 6.33. The fourth-order valence-corrected chi connectivity index (χ4v) is 3.07. The molecule has 2 atom stereocenters. The number of likely N-dealkylation sites (tertiary alicyclic amines) is 1. The van der Waals surface area contributed by atoms with Gasteiger partial charge in [0.2, 0.25) is 0 Å². The van der Waals surface area contributed by atoms with Gasteiger partial charge in [0.25, 0.3) is 0 Å². The minimum absolute atomic E-state index is 0.372. The van der Waals surface area contributed by atoms with Gasteiger partial charge >= 0.3 is 0 Å². The standard InChI is InChI=1S/C18H29NO2/c1-3-15(2)17-9-5-6-10-18(17)21-14-16(20)13-19-11-7-4-8-12-19/h5-6,9-10,15-16,20H,3-4,7-8,11-14H2,1-2H3/p+1/t15-,16-/m1/s1. The monoisotopic (exact) mass is 292 g/mol. The first-order valence-corrected chi connectivity index (χ1v) is 8.44. The summed E-state index contributed by atoms with van der Waals surface area (Å²) in [7, 11) is 0. The van der Waals surface area contributed by atoms with Crippen molar-refractivity contribution in [1.82, 2.24) is 0 Å². The Hall–Kier alpha value is -1.06. The number of piperidine rings is 1. The van der Waals surface area contributed by atoms with Crippen molar-refractivity contribution in [2.75, 3.05) is 26.2 Å². The van der Waals surface area contributed by atoms with Gasteiger partial charge in [0.1, 0.15) is 25.0 Å². The molecule has 0 unspecified atom stereocenters. The van der Waals surface area contributed by atoms with Crippen LogP contribution >= 0.6 is 0 Å². The molecule has 118 valence electrons. The molecule has 2 rings (SSSR count). The van der Waals surface area contributed by atoms with E-state index in [1.165, 1.54) is 42.8 Å². The number of quaternary nitrogens is 1. The zero-order valence-electron chi connectivity index (χ0n) is 13.5. The van der Waals surface area contributed by atoms with Gasteiger partial charge in [0, 0.05) is 0 Å². The number of nitrogens with one attached hydrogen (secondary N) is 1. The van der Waals surface area contributed by atoms with Crippen molar-refractivity contribution in [3.63, 3.8) is 0 Å². The molecule has 1 aliphatic rings. The molecule has 0 saturated carbocycles. The number of para-hydroxylation sites is 1. The molecule has 21 heavy (non-hydrogen) atoms. The van der Waals surface area contributed by atoms with Crippen molar-refractivity contribution >= 4 is 0 Å². The van der Waals surface area contributed by atoms with Gasteiger partial charge in [-0.3, -0.25) is 0 Å². The average molecular weight is 292 g/mol. The minimum Gasteiger partial charge on any atom is -0.490 e. The minimum atomic E-state index is -0.372. The molecule has 0 spiro atoms. The molecule has 0 amide bonds. The predicted molar refractivity (Wildman–Crippen MR) is 86.1 cm³/mol. The molecule has 3 heteroatoms. The van der Waals surface area contributed by atoms with Crippen molar-refractivity contribution in [3.8, 4) is 5.75 Å². The number of rotatable bonds is 7. The van der Waals surface area contributed by atoms with Crippen LogP contribution in [0.1, 0.15) is 51.0 Å². The Labute approximate surface area is 128 Å². The van der Waals surface area contributed by atoms with Gasteiger partial charge in [-0.25, -0.2) is 0 Å². The summed E-state index contributed by atoms with van der Waals surface area (Å²) in [6.07, 6.45) is 4.65. The highest BCUT2D eigenvalue weighted by molar-refractivity contribution is 5.35. The van der Waals surface area contributed by atoms with Gasteiger partial charge in [-0.05, 0) is 43.2 Å². The maximum absolute atomic E-state index is 10.2. The van der Waals surface area contributed by atoms with Crippen LogP contribution in [0.5, 0.6) is 5.75 Å². The van der Waals surface area contributed by atoms with Gasteiger partial charge in [0.15, 0.2) is 0 Å². The molecule has 1 aromatic carbocycles. The molecule has 1 fully saturated rings. The van der Waals surface area contributed by atoms with Crippen molar-refractivity contribution < 1.29 is 14.7 Å². The van der Waals surface area contributed by atoms with Crippen LogP contribution in [0.3, 0.4) is 0 Å². The van der Waals surface area contributed by atoms with Crippen molar-refractivity contribution in [3.05, 3.63) is 29.8 Å². The summed E-state index contributed by atoms with van der Waals surface area (Å²) in [5.41, 5.74) is 1.25. The van der Waals surface area contributed by atoms with E-state index in [-0.39, 0.29) is 6.10 Å².